The number of nitrogens with zero attached hydrogens (tertiary/aromatic N) is 1. The lowest BCUT2D eigenvalue weighted by Crippen LogP contribution is -2.27. The second-order valence-electron chi connectivity index (χ2n) is 5.02. The molecular formula is C15H22N2O. The molecule has 1 heterocycles. The van der Waals surface area contributed by atoms with Crippen molar-refractivity contribution in [3.63, 3.8) is 0 Å². The van der Waals surface area contributed by atoms with E-state index in [2.05, 4.69) is 43.4 Å². The number of urea groups is 1. The van der Waals surface area contributed by atoms with Gasteiger partial charge in [0.15, 0.2) is 0 Å². The third kappa shape index (κ3) is 2.50. The molecule has 0 bridgehead atoms. The molecule has 1 N–H and O–H groups in total. The number of rotatable bonds is 4. The van der Waals surface area contributed by atoms with Crippen molar-refractivity contribution in [2.45, 2.75) is 39.2 Å². The first-order valence-electron chi connectivity index (χ1n) is 6.81. The lowest BCUT2D eigenvalue weighted by molar-refractivity contribution is 0.219. The fourth-order valence-corrected chi connectivity index (χ4v) is 2.34. The van der Waals surface area contributed by atoms with E-state index in [0.717, 1.165) is 19.5 Å². The van der Waals surface area contributed by atoms with Crippen molar-refractivity contribution in [3.8, 4) is 0 Å². The van der Waals surface area contributed by atoms with Gasteiger partial charge >= 0.3 is 6.03 Å². The van der Waals surface area contributed by atoms with Gasteiger partial charge in [0.1, 0.15) is 0 Å². The Kier molecular flexibility index (Phi) is 3.90. The third-order valence-electron chi connectivity index (χ3n) is 3.89. The highest BCUT2D eigenvalue weighted by molar-refractivity contribution is 5.77. The first-order chi connectivity index (χ1) is 8.65. The zero-order valence-corrected chi connectivity index (χ0v) is 11.4. The highest BCUT2D eigenvalue weighted by atomic mass is 16.2. The summed E-state index contributed by atoms with van der Waals surface area (Å²) in [6.07, 6.45) is 1.16. The zero-order valence-electron chi connectivity index (χ0n) is 11.4. The third-order valence-corrected chi connectivity index (χ3v) is 3.89. The number of hydrogen-bond acceptors (Lipinski definition) is 1. The number of benzene rings is 1. The zero-order chi connectivity index (χ0) is 13.1. The summed E-state index contributed by atoms with van der Waals surface area (Å²) < 4.78 is 0. The maximum Gasteiger partial charge on any atom is 0.318 e. The number of amides is 2. The molecule has 0 aliphatic carbocycles. The van der Waals surface area contributed by atoms with Crippen LogP contribution in [0.4, 0.5) is 4.79 Å². The minimum Gasteiger partial charge on any atom is -0.329 e. The van der Waals surface area contributed by atoms with Gasteiger partial charge in [0.2, 0.25) is 0 Å². The van der Waals surface area contributed by atoms with E-state index in [1.807, 2.05) is 11.8 Å². The molecule has 0 radical (unpaired) electrons. The SMILES string of the molecule is CCC(C)c1ccc(C2CN(CC)C(=O)N2)cc1. The van der Waals surface area contributed by atoms with Crippen LogP contribution in [-0.4, -0.2) is 24.0 Å². The maximum absolute atomic E-state index is 11.6. The van der Waals surface area contributed by atoms with Crippen LogP contribution in [0.25, 0.3) is 0 Å². The number of carbonyl (C=O) groups excluding carboxylic acids is 1. The quantitative estimate of drug-likeness (QED) is 0.868. The Hall–Kier alpha value is -1.51. The van der Waals surface area contributed by atoms with Gasteiger partial charge < -0.3 is 10.2 Å². The maximum atomic E-state index is 11.6. The van der Waals surface area contributed by atoms with Crippen molar-refractivity contribution in [1.29, 1.82) is 0 Å². The number of carbonyl (C=O) groups is 1. The van der Waals surface area contributed by atoms with Crippen LogP contribution in [0.5, 0.6) is 0 Å². The highest BCUT2D eigenvalue weighted by Gasteiger charge is 2.28. The van der Waals surface area contributed by atoms with E-state index in [0.29, 0.717) is 5.92 Å². The molecule has 1 fully saturated rings. The van der Waals surface area contributed by atoms with Gasteiger partial charge in [-0.25, -0.2) is 4.79 Å². The standard InChI is InChI=1S/C15H22N2O/c1-4-11(3)12-6-8-13(9-7-12)14-10-17(5-2)15(18)16-14/h6-9,11,14H,4-5,10H2,1-3H3,(H,16,18). The summed E-state index contributed by atoms with van der Waals surface area (Å²) in [4.78, 5) is 13.5. The molecule has 18 heavy (non-hydrogen) atoms. The smallest absolute Gasteiger partial charge is 0.318 e. The van der Waals surface area contributed by atoms with Crippen molar-refractivity contribution in [2.24, 2.45) is 0 Å². The van der Waals surface area contributed by atoms with Crippen LogP contribution in [0, 0.1) is 0 Å². The molecule has 0 aromatic heterocycles. The Bertz CT molecular complexity index is 413. The largest absolute Gasteiger partial charge is 0.329 e. The molecule has 2 atom stereocenters. The molecule has 1 aromatic rings. The van der Waals surface area contributed by atoms with Gasteiger partial charge in [0, 0.05) is 13.1 Å². The van der Waals surface area contributed by atoms with E-state index in [1.54, 1.807) is 0 Å². The summed E-state index contributed by atoms with van der Waals surface area (Å²) in [6, 6.07) is 8.85. The Morgan fingerprint density at radius 3 is 2.50 bits per heavy atom. The van der Waals surface area contributed by atoms with Gasteiger partial charge in [-0.1, -0.05) is 38.1 Å². The first-order valence-corrected chi connectivity index (χ1v) is 6.81. The average Bonchev–Trinajstić information content (AvgIpc) is 2.79. The summed E-state index contributed by atoms with van der Waals surface area (Å²) in [7, 11) is 0. The van der Waals surface area contributed by atoms with Crippen LogP contribution >= 0.6 is 0 Å². The summed E-state index contributed by atoms with van der Waals surface area (Å²) in [5.41, 5.74) is 2.57. The van der Waals surface area contributed by atoms with Gasteiger partial charge in [0.25, 0.3) is 0 Å². The topological polar surface area (TPSA) is 32.3 Å². The van der Waals surface area contributed by atoms with Gasteiger partial charge in [-0.05, 0) is 30.4 Å². The Labute approximate surface area is 109 Å². The summed E-state index contributed by atoms with van der Waals surface area (Å²) in [5.74, 6) is 0.601. The summed E-state index contributed by atoms with van der Waals surface area (Å²) >= 11 is 0. The Morgan fingerprint density at radius 2 is 2.00 bits per heavy atom. The highest BCUT2D eigenvalue weighted by Crippen LogP contribution is 2.24. The van der Waals surface area contributed by atoms with E-state index < -0.39 is 0 Å². The first kappa shape index (κ1) is 12.9. The number of likely N-dealkylation sites (N-methyl/N-ethyl adjacent to an activating group) is 1. The molecule has 98 valence electrons. The second-order valence-corrected chi connectivity index (χ2v) is 5.02. The van der Waals surface area contributed by atoms with Crippen molar-refractivity contribution >= 4 is 6.03 Å². The van der Waals surface area contributed by atoms with Crippen LogP contribution < -0.4 is 5.32 Å². The van der Waals surface area contributed by atoms with Crippen molar-refractivity contribution in [2.75, 3.05) is 13.1 Å². The van der Waals surface area contributed by atoms with Gasteiger partial charge in [-0.15, -0.1) is 0 Å². The predicted molar refractivity (Wildman–Crippen MR) is 73.7 cm³/mol. The van der Waals surface area contributed by atoms with E-state index in [9.17, 15) is 4.79 Å². The average molecular weight is 246 g/mol. The molecule has 1 aliphatic heterocycles. The Morgan fingerprint density at radius 1 is 1.33 bits per heavy atom. The molecule has 3 nitrogen and oxygen atoms in total. The fourth-order valence-electron chi connectivity index (χ4n) is 2.34. The summed E-state index contributed by atoms with van der Waals surface area (Å²) in [6.45, 7) is 8.00. The fraction of sp³-hybridized carbons (Fsp3) is 0.533. The molecule has 1 aromatic carbocycles. The molecule has 1 aliphatic rings. The number of nitrogens with one attached hydrogen (secondary N) is 1. The monoisotopic (exact) mass is 246 g/mol. The molecular weight excluding hydrogens is 224 g/mol. The number of hydrogen-bond donors (Lipinski definition) is 1. The van der Waals surface area contributed by atoms with Crippen molar-refractivity contribution in [1.82, 2.24) is 10.2 Å². The van der Waals surface area contributed by atoms with Gasteiger partial charge in [-0.3, -0.25) is 0 Å². The van der Waals surface area contributed by atoms with Crippen LogP contribution in [0.2, 0.25) is 0 Å². The normalized spacial score (nSPS) is 20.9. The molecule has 2 amide bonds. The Balaban J connectivity index is 2.09. The van der Waals surface area contributed by atoms with Gasteiger partial charge in [0.05, 0.1) is 6.04 Å². The molecule has 2 unspecified atom stereocenters. The molecule has 0 spiro atoms. The minimum atomic E-state index is 0.0495. The predicted octanol–water partition coefficient (Wildman–Crippen LogP) is 3.29. The van der Waals surface area contributed by atoms with E-state index in [1.165, 1.54) is 11.1 Å². The molecule has 0 saturated carbocycles. The van der Waals surface area contributed by atoms with Crippen molar-refractivity contribution in [3.05, 3.63) is 35.4 Å². The minimum absolute atomic E-state index is 0.0495. The van der Waals surface area contributed by atoms with E-state index >= 15 is 0 Å². The van der Waals surface area contributed by atoms with Crippen LogP contribution in [0.15, 0.2) is 24.3 Å². The second kappa shape index (κ2) is 5.42. The molecule has 3 heteroatoms. The molecule has 2 rings (SSSR count). The van der Waals surface area contributed by atoms with E-state index in [4.69, 9.17) is 0 Å². The van der Waals surface area contributed by atoms with Crippen LogP contribution in [0.1, 0.15) is 50.3 Å². The lowest BCUT2D eigenvalue weighted by atomic mass is 9.96. The van der Waals surface area contributed by atoms with E-state index in [-0.39, 0.29) is 12.1 Å². The van der Waals surface area contributed by atoms with Gasteiger partial charge in [-0.2, -0.15) is 0 Å². The van der Waals surface area contributed by atoms with Crippen LogP contribution in [-0.2, 0) is 0 Å². The summed E-state index contributed by atoms with van der Waals surface area (Å²) in [5, 5.41) is 3.02. The van der Waals surface area contributed by atoms with Crippen molar-refractivity contribution < 1.29 is 4.79 Å². The lowest BCUT2D eigenvalue weighted by Gasteiger charge is -2.13. The van der Waals surface area contributed by atoms with Crippen LogP contribution in [0.3, 0.4) is 0 Å². The molecule has 1 saturated heterocycles.